The Kier molecular flexibility index (Phi) is 2.33. The van der Waals surface area contributed by atoms with Gasteiger partial charge in [0.15, 0.2) is 0 Å². The first-order valence-corrected chi connectivity index (χ1v) is 6.52. The molecule has 2 N–H and O–H groups in total. The van der Waals surface area contributed by atoms with Crippen molar-refractivity contribution in [1.29, 1.82) is 0 Å². The van der Waals surface area contributed by atoms with E-state index in [1.807, 2.05) is 0 Å². The number of hydrogen-bond acceptors (Lipinski definition) is 3. The van der Waals surface area contributed by atoms with Gasteiger partial charge in [-0.05, 0) is 31.7 Å². The first kappa shape index (κ1) is 9.43. The molecule has 2 fully saturated rings. The number of piperidine rings is 1. The first-order valence-electron chi connectivity index (χ1n) is 4.81. The fraction of sp³-hybridized carbons (Fsp3) is 1.00. The van der Waals surface area contributed by atoms with Crippen molar-refractivity contribution in [3.05, 3.63) is 0 Å². The molecule has 2 unspecified atom stereocenters. The average molecular weight is 204 g/mol. The second-order valence-electron chi connectivity index (χ2n) is 4.11. The molecule has 1 aliphatic carbocycles. The molecule has 2 aliphatic rings. The Bertz CT molecular complexity index is 289. The smallest absolute Gasteiger partial charge is 0.210 e. The minimum absolute atomic E-state index is 0.107. The van der Waals surface area contributed by atoms with Crippen LogP contribution in [0.5, 0.6) is 0 Å². The first-order chi connectivity index (χ1) is 6.06. The molecule has 0 aromatic rings. The van der Waals surface area contributed by atoms with Crippen LogP contribution < -0.4 is 5.14 Å². The number of rotatable bonds is 3. The van der Waals surface area contributed by atoms with Gasteiger partial charge in [-0.3, -0.25) is 4.90 Å². The number of fused-ring (bicyclic) bond motifs is 1. The van der Waals surface area contributed by atoms with Crippen LogP contribution in [0.2, 0.25) is 0 Å². The highest BCUT2D eigenvalue weighted by molar-refractivity contribution is 7.89. The molecule has 0 aromatic heterocycles. The van der Waals surface area contributed by atoms with Crippen LogP contribution >= 0.6 is 0 Å². The third-order valence-corrected chi connectivity index (χ3v) is 3.79. The molecule has 0 bridgehead atoms. The molecule has 2 rings (SSSR count). The van der Waals surface area contributed by atoms with E-state index in [9.17, 15) is 8.42 Å². The highest BCUT2D eigenvalue weighted by atomic mass is 32.2. The minimum Gasteiger partial charge on any atom is -0.299 e. The van der Waals surface area contributed by atoms with Crippen LogP contribution in [0.1, 0.15) is 19.3 Å². The topological polar surface area (TPSA) is 63.4 Å². The molecule has 1 saturated heterocycles. The number of primary sulfonamides is 1. The van der Waals surface area contributed by atoms with Crippen molar-refractivity contribution >= 4 is 10.0 Å². The molecule has 4 nitrogen and oxygen atoms in total. The van der Waals surface area contributed by atoms with Crippen molar-refractivity contribution in [1.82, 2.24) is 4.90 Å². The predicted molar refractivity (Wildman–Crippen MR) is 50.7 cm³/mol. The summed E-state index contributed by atoms with van der Waals surface area (Å²) in [6, 6.07) is 0.676. The molecule has 0 spiro atoms. The molecular formula is C8H16N2O2S. The lowest BCUT2D eigenvalue weighted by Crippen LogP contribution is -2.36. The fourth-order valence-corrected chi connectivity index (χ4v) is 2.72. The van der Waals surface area contributed by atoms with E-state index in [0.717, 1.165) is 12.5 Å². The zero-order valence-electron chi connectivity index (χ0n) is 7.65. The molecule has 0 aromatic carbocycles. The summed E-state index contributed by atoms with van der Waals surface area (Å²) >= 11 is 0. The lowest BCUT2D eigenvalue weighted by Gasteiger charge is -2.25. The highest BCUT2D eigenvalue weighted by Crippen LogP contribution is 2.42. The van der Waals surface area contributed by atoms with E-state index < -0.39 is 10.0 Å². The van der Waals surface area contributed by atoms with Crippen molar-refractivity contribution < 1.29 is 8.42 Å². The quantitative estimate of drug-likeness (QED) is 0.690. The largest absolute Gasteiger partial charge is 0.299 e. The van der Waals surface area contributed by atoms with Gasteiger partial charge in [0.05, 0.1) is 5.75 Å². The van der Waals surface area contributed by atoms with Crippen LogP contribution in [0.15, 0.2) is 0 Å². The molecule has 13 heavy (non-hydrogen) atoms. The van der Waals surface area contributed by atoms with Crippen molar-refractivity contribution in [3.63, 3.8) is 0 Å². The summed E-state index contributed by atoms with van der Waals surface area (Å²) in [6.07, 6.45) is 3.81. The molecule has 1 heterocycles. The number of nitrogens with two attached hydrogens (primary N) is 1. The van der Waals surface area contributed by atoms with Crippen LogP contribution in [0.3, 0.4) is 0 Å². The van der Waals surface area contributed by atoms with Crippen molar-refractivity contribution in [2.45, 2.75) is 25.3 Å². The number of hydrogen-bond donors (Lipinski definition) is 1. The summed E-state index contributed by atoms with van der Waals surface area (Å²) in [7, 11) is -3.27. The molecule has 1 saturated carbocycles. The molecule has 2 atom stereocenters. The average Bonchev–Trinajstić information content (AvgIpc) is 2.77. The van der Waals surface area contributed by atoms with Crippen LogP contribution in [0.4, 0.5) is 0 Å². The third kappa shape index (κ3) is 2.42. The Morgan fingerprint density at radius 3 is 2.92 bits per heavy atom. The summed E-state index contributed by atoms with van der Waals surface area (Å²) in [6.45, 7) is 1.68. The zero-order valence-corrected chi connectivity index (χ0v) is 8.46. The number of nitrogens with zero attached hydrogens (tertiary/aromatic N) is 1. The summed E-state index contributed by atoms with van der Waals surface area (Å²) in [5, 5.41) is 4.96. The molecule has 0 radical (unpaired) electrons. The van der Waals surface area contributed by atoms with Crippen molar-refractivity contribution in [2.24, 2.45) is 11.1 Å². The lowest BCUT2D eigenvalue weighted by atomic mass is 10.1. The third-order valence-electron chi connectivity index (χ3n) is 3.04. The van der Waals surface area contributed by atoms with Crippen LogP contribution in [0, 0.1) is 5.92 Å². The maximum atomic E-state index is 10.7. The van der Waals surface area contributed by atoms with Gasteiger partial charge in [-0.2, -0.15) is 0 Å². The fourth-order valence-electron chi connectivity index (χ4n) is 2.23. The van der Waals surface area contributed by atoms with Gasteiger partial charge in [-0.1, -0.05) is 0 Å². The molecule has 76 valence electrons. The van der Waals surface area contributed by atoms with E-state index in [-0.39, 0.29) is 5.75 Å². The molecule has 0 amide bonds. The predicted octanol–water partition coefficient (Wildman–Crippen LogP) is -0.241. The van der Waals surface area contributed by atoms with E-state index in [4.69, 9.17) is 5.14 Å². The van der Waals surface area contributed by atoms with Crippen molar-refractivity contribution in [2.75, 3.05) is 18.8 Å². The minimum atomic E-state index is -3.27. The summed E-state index contributed by atoms with van der Waals surface area (Å²) < 4.78 is 21.5. The standard InChI is InChI=1S/C8H16N2O2S/c9-13(11,12)5-4-10-3-1-2-7-6-8(7)10/h7-8H,1-6H2,(H2,9,11,12). The Morgan fingerprint density at radius 1 is 1.46 bits per heavy atom. The van der Waals surface area contributed by atoms with Gasteiger partial charge < -0.3 is 0 Å². The van der Waals surface area contributed by atoms with Gasteiger partial charge in [0.25, 0.3) is 0 Å². The molecule has 5 heteroatoms. The van der Waals surface area contributed by atoms with Crippen LogP contribution in [-0.4, -0.2) is 38.2 Å². The number of sulfonamides is 1. The second kappa shape index (κ2) is 3.22. The monoisotopic (exact) mass is 204 g/mol. The van der Waals surface area contributed by atoms with E-state index >= 15 is 0 Å². The Labute approximate surface area is 79.1 Å². The lowest BCUT2D eigenvalue weighted by molar-refractivity contribution is 0.227. The van der Waals surface area contributed by atoms with E-state index in [2.05, 4.69) is 4.90 Å². The van der Waals surface area contributed by atoms with Crippen LogP contribution in [-0.2, 0) is 10.0 Å². The zero-order chi connectivity index (χ0) is 9.47. The van der Waals surface area contributed by atoms with Crippen LogP contribution in [0.25, 0.3) is 0 Å². The maximum Gasteiger partial charge on any atom is 0.210 e. The Hall–Kier alpha value is -0.130. The van der Waals surface area contributed by atoms with Gasteiger partial charge in [0.1, 0.15) is 0 Å². The second-order valence-corrected chi connectivity index (χ2v) is 5.84. The van der Waals surface area contributed by atoms with Gasteiger partial charge in [-0.25, -0.2) is 13.6 Å². The van der Waals surface area contributed by atoms with E-state index in [0.29, 0.717) is 12.6 Å². The Morgan fingerprint density at radius 2 is 2.23 bits per heavy atom. The van der Waals surface area contributed by atoms with E-state index in [1.54, 1.807) is 0 Å². The normalized spacial score (nSPS) is 34.2. The highest BCUT2D eigenvalue weighted by Gasteiger charge is 2.43. The molecule has 1 aliphatic heterocycles. The van der Waals surface area contributed by atoms with Gasteiger partial charge in [0, 0.05) is 12.6 Å². The summed E-state index contributed by atoms with van der Waals surface area (Å²) in [4.78, 5) is 2.28. The maximum absolute atomic E-state index is 10.7. The number of likely N-dealkylation sites (tertiary alicyclic amines) is 1. The van der Waals surface area contributed by atoms with Crippen molar-refractivity contribution in [3.8, 4) is 0 Å². The van der Waals surface area contributed by atoms with E-state index in [1.165, 1.54) is 19.3 Å². The summed E-state index contributed by atoms with van der Waals surface area (Å²) in [5.74, 6) is 0.963. The Balaban J connectivity index is 1.82. The van der Waals surface area contributed by atoms with Gasteiger partial charge in [0.2, 0.25) is 10.0 Å². The summed E-state index contributed by atoms with van der Waals surface area (Å²) in [5.41, 5.74) is 0. The SMILES string of the molecule is NS(=O)(=O)CCN1CCCC2CC21. The van der Waals surface area contributed by atoms with Gasteiger partial charge >= 0.3 is 0 Å². The molecular weight excluding hydrogens is 188 g/mol. The van der Waals surface area contributed by atoms with Gasteiger partial charge in [-0.15, -0.1) is 0 Å².